The standard InChI is InChI=1S/C19H24N6O/c1-3-9-23-11-7-16(22-23)19(26)24-10-5-4-6-17(24)15-8-12-25-18(20-15)13-14(2)21-25/h7-8,11-13,17H,3-6,9-10H2,1-2H3/t17-/m1/s1. The third kappa shape index (κ3) is 3.09. The lowest BCUT2D eigenvalue weighted by atomic mass is 9.98. The maximum atomic E-state index is 13.1. The molecule has 1 fully saturated rings. The van der Waals surface area contributed by atoms with Gasteiger partial charge in [-0.2, -0.15) is 10.2 Å². The summed E-state index contributed by atoms with van der Waals surface area (Å²) in [5.41, 5.74) is 3.21. The molecular formula is C19H24N6O. The Kier molecular flexibility index (Phi) is 4.44. The highest BCUT2D eigenvalue weighted by atomic mass is 16.2. The summed E-state index contributed by atoms with van der Waals surface area (Å²) >= 11 is 0. The van der Waals surface area contributed by atoms with Crippen LogP contribution in [0.1, 0.15) is 60.5 Å². The summed E-state index contributed by atoms with van der Waals surface area (Å²) in [7, 11) is 0. The largest absolute Gasteiger partial charge is 0.329 e. The number of amides is 1. The average molecular weight is 352 g/mol. The van der Waals surface area contributed by atoms with Gasteiger partial charge in [0.15, 0.2) is 5.65 Å². The predicted molar refractivity (Wildman–Crippen MR) is 97.9 cm³/mol. The fraction of sp³-hybridized carbons (Fsp3) is 0.474. The molecule has 0 aromatic carbocycles. The minimum atomic E-state index is -0.00668. The monoisotopic (exact) mass is 352 g/mol. The van der Waals surface area contributed by atoms with Crippen molar-refractivity contribution in [2.75, 3.05) is 6.54 Å². The van der Waals surface area contributed by atoms with E-state index in [4.69, 9.17) is 4.98 Å². The summed E-state index contributed by atoms with van der Waals surface area (Å²) in [6.45, 7) is 5.63. The van der Waals surface area contributed by atoms with Gasteiger partial charge in [-0.15, -0.1) is 0 Å². The molecule has 4 rings (SSSR count). The summed E-state index contributed by atoms with van der Waals surface area (Å²) < 4.78 is 3.62. The molecule has 0 spiro atoms. The molecule has 4 heterocycles. The molecule has 1 aliphatic heterocycles. The number of hydrogen-bond acceptors (Lipinski definition) is 4. The van der Waals surface area contributed by atoms with Gasteiger partial charge in [-0.1, -0.05) is 6.92 Å². The van der Waals surface area contributed by atoms with E-state index >= 15 is 0 Å². The molecule has 0 saturated carbocycles. The van der Waals surface area contributed by atoms with Gasteiger partial charge in [-0.25, -0.2) is 9.50 Å². The first-order valence-corrected chi connectivity index (χ1v) is 9.33. The van der Waals surface area contributed by atoms with Gasteiger partial charge in [0.25, 0.3) is 5.91 Å². The quantitative estimate of drug-likeness (QED) is 0.724. The zero-order chi connectivity index (χ0) is 18.1. The van der Waals surface area contributed by atoms with E-state index in [1.807, 2.05) is 47.1 Å². The van der Waals surface area contributed by atoms with Gasteiger partial charge in [-0.05, 0) is 44.7 Å². The number of carbonyl (C=O) groups excluding carboxylic acids is 1. The first-order valence-electron chi connectivity index (χ1n) is 9.33. The van der Waals surface area contributed by atoms with Gasteiger partial charge >= 0.3 is 0 Å². The normalized spacial score (nSPS) is 17.8. The number of piperidine rings is 1. The molecule has 1 aliphatic rings. The molecule has 0 radical (unpaired) electrons. The molecule has 136 valence electrons. The summed E-state index contributed by atoms with van der Waals surface area (Å²) in [6.07, 6.45) is 7.86. The third-order valence-electron chi connectivity index (χ3n) is 4.89. The fourth-order valence-corrected chi connectivity index (χ4v) is 3.66. The van der Waals surface area contributed by atoms with Crippen molar-refractivity contribution in [2.45, 2.75) is 52.1 Å². The van der Waals surface area contributed by atoms with Crippen molar-refractivity contribution in [3.05, 3.63) is 47.7 Å². The van der Waals surface area contributed by atoms with Crippen molar-refractivity contribution in [1.29, 1.82) is 0 Å². The number of nitrogens with zero attached hydrogens (tertiary/aromatic N) is 6. The number of aromatic nitrogens is 5. The van der Waals surface area contributed by atoms with E-state index in [1.54, 1.807) is 4.52 Å². The number of hydrogen-bond donors (Lipinski definition) is 0. The Balaban J connectivity index is 1.63. The molecule has 0 aliphatic carbocycles. The smallest absolute Gasteiger partial charge is 0.274 e. The van der Waals surface area contributed by atoms with Crippen LogP contribution in [0.15, 0.2) is 30.6 Å². The van der Waals surface area contributed by atoms with Crippen LogP contribution in [0.2, 0.25) is 0 Å². The summed E-state index contributed by atoms with van der Waals surface area (Å²) in [4.78, 5) is 19.8. The molecule has 1 saturated heterocycles. The molecular weight excluding hydrogens is 328 g/mol. The molecule has 3 aromatic rings. The highest BCUT2D eigenvalue weighted by molar-refractivity contribution is 5.92. The third-order valence-corrected chi connectivity index (χ3v) is 4.89. The molecule has 0 unspecified atom stereocenters. The Morgan fingerprint density at radius 2 is 2.12 bits per heavy atom. The van der Waals surface area contributed by atoms with Crippen molar-refractivity contribution >= 4 is 11.6 Å². The van der Waals surface area contributed by atoms with Crippen LogP contribution in [0.4, 0.5) is 0 Å². The molecule has 0 bridgehead atoms. The first-order chi connectivity index (χ1) is 12.7. The first kappa shape index (κ1) is 16.8. The van der Waals surface area contributed by atoms with Crippen molar-refractivity contribution in [3.63, 3.8) is 0 Å². The molecule has 3 aromatic heterocycles. The van der Waals surface area contributed by atoms with E-state index in [0.29, 0.717) is 5.69 Å². The highest BCUT2D eigenvalue weighted by Crippen LogP contribution is 2.31. The maximum Gasteiger partial charge on any atom is 0.274 e. The summed E-state index contributed by atoms with van der Waals surface area (Å²) in [6, 6.07) is 5.75. The van der Waals surface area contributed by atoms with Crippen molar-refractivity contribution in [1.82, 2.24) is 29.3 Å². The molecule has 7 nitrogen and oxygen atoms in total. The van der Waals surface area contributed by atoms with E-state index in [2.05, 4.69) is 17.1 Å². The summed E-state index contributed by atoms with van der Waals surface area (Å²) in [5.74, 6) is -0.00378. The zero-order valence-electron chi connectivity index (χ0n) is 15.3. The van der Waals surface area contributed by atoms with Crippen molar-refractivity contribution < 1.29 is 4.79 Å². The second-order valence-electron chi connectivity index (χ2n) is 6.92. The lowest BCUT2D eigenvalue weighted by Crippen LogP contribution is -2.39. The van der Waals surface area contributed by atoms with Crippen molar-refractivity contribution in [2.24, 2.45) is 0 Å². The topological polar surface area (TPSA) is 68.3 Å². The Hall–Kier alpha value is -2.70. The van der Waals surface area contributed by atoms with Gasteiger partial charge in [0.05, 0.1) is 17.4 Å². The van der Waals surface area contributed by atoms with E-state index < -0.39 is 0 Å². The van der Waals surface area contributed by atoms with Gasteiger partial charge in [-0.3, -0.25) is 9.48 Å². The van der Waals surface area contributed by atoms with E-state index in [9.17, 15) is 4.79 Å². The van der Waals surface area contributed by atoms with Crippen LogP contribution in [0.5, 0.6) is 0 Å². The van der Waals surface area contributed by atoms with E-state index in [0.717, 1.165) is 55.8 Å². The van der Waals surface area contributed by atoms with Crippen LogP contribution in [-0.2, 0) is 6.54 Å². The van der Waals surface area contributed by atoms with Gasteiger partial charge in [0.1, 0.15) is 5.69 Å². The number of fused-ring (bicyclic) bond motifs is 1. The van der Waals surface area contributed by atoms with Crippen LogP contribution in [0, 0.1) is 6.92 Å². The summed E-state index contributed by atoms with van der Waals surface area (Å²) in [5, 5.41) is 8.83. The molecule has 0 N–H and O–H groups in total. The van der Waals surface area contributed by atoms with Crippen LogP contribution >= 0.6 is 0 Å². The lowest BCUT2D eigenvalue weighted by Gasteiger charge is -2.35. The number of likely N-dealkylation sites (tertiary alicyclic amines) is 1. The second-order valence-corrected chi connectivity index (χ2v) is 6.92. The highest BCUT2D eigenvalue weighted by Gasteiger charge is 2.31. The van der Waals surface area contributed by atoms with Crippen LogP contribution < -0.4 is 0 Å². The van der Waals surface area contributed by atoms with E-state index in [-0.39, 0.29) is 11.9 Å². The predicted octanol–water partition coefficient (Wildman–Crippen LogP) is 3.01. The van der Waals surface area contributed by atoms with Crippen molar-refractivity contribution in [3.8, 4) is 0 Å². The van der Waals surface area contributed by atoms with Crippen LogP contribution in [0.3, 0.4) is 0 Å². The Labute approximate surface area is 152 Å². The minimum absolute atomic E-state index is 0.00378. The van der Waals surface area contributed by atoms with Crippen LogP contribution in [0.25, 0.3) is 5.65 Å². The lowest BCUT2D eigenvalue weighted by molar-refractivity contribution is 0.0599. The number of aryl methyl sites for hydroxylation is 2. The van der Waals surface area contributed by atoms with Gasteiger partial charge < -0.3 is 4.90 Å². The average Bonchev–Trinajstić information content (AvgIpc) is 3.26. The fourth-order valence-electron chi connectivity index (χ4n) is 3.66. The molecule has 7 heteroatoms. The van der Waals surface area contributed by atoms with Gasteiger partial charge in [0.2, 0.25) is 0 Å². The maximum absolute atomic E-state index is 13.1. The number of rotatable bonds is 4. The Bertz CT molecular complexity index is 927. The second kappa shape index (κ2) is 6.90. The SMILES string of the molecule is CCCn1ccc(C(=O)N2CCCC[C@@H]2c2ccn3nc(C)cc3n2)n1. The molecule has 1 amide bonds. The van der Waals surface area contributed by atoms with Crippen LogP contribution in [-0.4, -0.2) is 41.7 Å². The zero-order valence-corrected chi connectivity index (χ0v) is 15.3. The minimum Gasteiger partial charge on any atom is -0.329 e. The Morgan fingerprint density at radius 3 is 2.96 bits per heavy atom. The van der Waals surface area contributed by atoms with Gasteiger partial charge in [0, 0.05) is 31.5 Å². The molecule has 26 heavy (non-hydrogen) atoms. The number of carbonyl (C=O) groups is 1. The Morgan fingerprint density at radius 1 is 1.23 bits per heavy atom. The van der Waals surface area contributed by atoms with E-state index in [1.165, 1.54) is 0 Å². The molecule has 1 atom stereocenters.